The summed E-state index contributed by atoms with van der Waals surface area (Å²) in [7, 11) is 0. The van der Waals surface area contributed by atoms with Crippen molar-refractivity contribution in [2.24, 2.45) is 0 Å². The molecule has 0 unspecified atom stereocenters. The third-order valence-corrected chi connectivity index (χ3v) is 2.86. The molecule has 0 fully saturated rings. The van der Waals surface area contributed by atoms with Gasteiger partial charge in [-0.25, -0.2) is 0 Å². The average Bonchev–Trinajstić information content (AvgIpc) is 2.57. The molecule has 0 aliphatic heterocycles. The van der Waals surface area contributed by atoms with Gasteiger partial charge in [0.15, 0.2) is 0 Å². The lowest BCUT2D eigenvalue weighted by Crippen LogP contribution is -1.94. The Bertz CT molecular complexity index is 261. The molecule has 0 spiro atoms. The molecule has 64 valence electrons. The van der Waals surface area contributed by atoms with Crippen LogP contribution in [-0.2, 0) is 0 Å². The summed E-state index contributed by atoms with van der Waals surface area (Å²) in [5, 5.41) is 0. The van der Waals surface area contributed by atoms with E-state index in [1.807, 2.05) is 0 Å². The second-order valence-corrected chi connectivity index (χ2v) is 3.76. The maximum Gasteiger partial charge on any atom is -0.00952 e. The zero-order valence-corrected chi connectivity index (χ0v) is 7.77. The quantitative estimate of drug-likeness (QED) is 0.512. The summed E-state index contributed by atoms with van der Waals surface area (Å²) in [6, 6.07) is 0. The van der Waals surface area contributed by atoms with Crippen molar-refractivity contribution in [1.29, 1.82) is 0 Å². The highest BCUT2D eigenvalue weighted by molar-refractivity contribution is 5.40. The Morgan fingerprint density at radius 3 is 2.67 bits per heavy atom. The Hall–Kier alpha value is -0.780. The van der Waals surface area contributed by atoms with E-state index in [0.717, 1.165) is 0 Å². The lowest BCUT2D eigenvalue weighted by molar-refractivity contribution is 0.895. The molecule has 0 saturated carbocycles. The third kappa shape index (κ3) is 1.38. The van der Waals surface area contributed by atoms with Crippen LogP contribution in [0.25, 0.3) is 0 Å². The van der Waals surface area contributed by atoms with Crippen LogP contribution in [0, 0.1) is 0 Å². The summed E-state index contributed by atoms with van der Waals surface area (Å²) >= 11 is 0. The molecule has 0 amide bonds. The van der Waals surface area contributed by atoms with E-state index in [1.165, 1.54) is 32.1 Å². The maximum atomic E-state index is 2.43. The Labute approximate surface area is 74.7 Å². The van der Waals surface area contributed by atoms with Gasteiger partial charge in [-0.1, -0.05) is 23.8 Å². The zero-order valence-electron chi connectivity index (χ0n) is 7.77. The predicted molar refractivity (Wildman–Crippen MR) is 53.0 cm³/mol. The van der Waals surface area contributed by atoms with Crippen LogP contribution >= 0.6 is 0 Å². The number of allylic oxidation sites excluding steroid dienone is 6. The summed E-state index contributed by atoms with van der Waals surface area (Å²) in [6.07, 6.45) is 13.4. The molecule has 0 heterocycles. The van der Waals surface area contributed by atoms with E-state index >= 15 is 0 Å². The fraction of sp³-hybridized carbons (Fsp3) is 0.500. The Morgan fingerprint density at radius 2 is 2.00 bits per heavy atom. The first-order chi connectivity index (χ1) is 5.88. The maximum absolute atomic E-state index is 2.43. The van der Waals surface area contributed by atoms with Crippen molar-refractivity contribution in [1.82, 2.24) is 0 Å². The zero-order chi connectivity index (χ0) is 8.39. The van der Waals surface area contributed by atoms with E-state index in [9.17, 15) is 0 Å². The lowest BCUT2D eigenvalue weighted by Gasteiger charge is -2.14. The molecule has 0 N–H and O–H groups in total. The van der Waals surface area contributed by atoms with Gasteiger partial charge in [-0.05, 0) is 50.2 Å². The summed E-state index contributed by atoms with van der Waals surface area (Å²) in [6.45, 7) is 2.28. The first kappa shape index (κ1) is 7.85. The van der Waals surface area contributed by atoms with Crippen molar-refractivity contribution in [3.8, 4) is 0 Å². The molecule has 0 aromatic carbocycles. The topological polar surface area (TPSA) is 0 Å². The summed E-state index contributed by atoms with van der Waals surface area (Å²) in [4.78, 5) is 0. The molecular formula is C12H16. The lowest BCUT2D eigenvalue weighted by atomic mass is 9.92. The van der Waals surface area contributed by atoms with Crippen molar-refractivity contribution in [3.05, 3.63) is 34.9 Å². The van der Waals surface area contributed by atoms with Gasteiger partial charge in [0, 0.05) is 0 Å². The van der Waals surface area contributed by atoms with E-state index < -0.39 is 0 Å². The molecule has 0 aromatic rings. The molecule has 0 nitrogen and oxygen atoms in total. The average molecular weight is 160 g/mol. The Balaban J connectivity index is 2.21. The standard InChI is InChI=1S/C12H16/c1-10-6-2-5-9-12(10)11-7-3-4-8-11/h2,5,7H,3-4,6,8-9H2,1H3. The van der Waals surface area contributed by atoms with Crippen LogP contribution in [-0.4, -0.2) is 0 Å². The van der Waals surface area contributed by atoms with Crippen molar-refractivity contribution in [2.75, 3.05) is 0 Å². The highest BCUT2D eigenvalue weighted by Gasteiger charge is 2.12. The second kappa shape index (κ2) is 3.30. The van der Waals surface area contributed by atoms with Crippen LogP contribution in [0.4, 0.5) is 0 Å². The van der Waals surface area contributed by atoms with Gasteiger partial charge in [0.2, 0.25) is 0 Å². The molecule has 0 bridgehead atoms. The fourth-order valence-electron chi connectivity index (χ4n) is 2.11. The monoisotopic (exact) mass is 160 g/mol. The summed E-state index contributed by atoms with van der Waals surface area (Å²) in [5.41, 5.74) is 4.86. The molecule has 0 saturated heterocycles. The van der Waals surface area contributed by atoms with Crippen LogP contribution in [0.3, 0.4) is 0 Å². The highest BCUT2D eigenvalue weighted by Crippen LogP contribution is 2.32. The van der Waals surface area contributed by atoms with Crippen LogP contribution in [0.5, 0.6) is 0 Å². The van der Waals surface area contributed by atoms with Crippen molar-refractivity contribution in [2.45, 2.75) is 39.0 Å². The molecular weight excluding hydrogens is 144 g/mol. The van der Waals surface area contributed by atoms with E-state index in [0.29, 0.717) is 0 Å². The van der Waals surface area contributed by atoms with Gasteiger partial charge in [0.05, 0.1) is 0 Å². The highest BCUT2D eigenvalue weighted by atomic mass is 14.2. The van der Waals surface area contributed by atoms with Crippen molar-refractivity contribution < 1.29 is 0 Å². The third-order valence-electron chi connectivity index (χ3n) is 2.86. The molecule has 0 atom stereocenters. The fourth-order valence-corrected chi connectivity index (χ4v) is 2.11. The van der Waals surface area contributed by atoms with E-state index in [2.05, 4.69) is 25.2 Å². The minimum absolute atomic E-state index is 1.17. The molecule has 2 aliphatic rings. The first-order valence-corrected chi connectivity index (χ1v) is 4.91. The van der Waals surface area contributed by atoms with Gasteiger partial charge < -0.3 is 0 Å². The molecule has 2 aliphatic carbocycles. The summed E-state index contributed by atoms with van der Waals surface area (Å²) in [5.74, 6) is 0. The second-order valence-electron chi connectivity index (χ2n) is 3.76. The smallest absolute Gasteiger partial charge is 0.00952 e. The van der Waals surface area contributed by atoms with Crippen molar-refractivity contribution in [3.63, 3.8) is 0 Å². The van der Waals surface area contributed by atoms with Gasteiger partial charge >= 0.3 is 0 Å². The molecule has 2 rings (SSSR count). The Morgan fingerprint density at radius 1 is 1.17 bits per heavy atom. The normalized spacial score (nSPS) is 23.2. The van der Waals surface area contributed by atoms with Gasteiger partial charge in [0.25, 0.3) is 0 Å². The van der Waals surface area contributed by atoms with Gasteiger partial charge in [-0.3, -0.25) is 0 Å². The summed E-state index contributed by atoms with van der Waals surface area (Å²) < 4.78 is 0. The first-order valence-electron chi connectivity index (χ1n) is 4.91. The van der Waals surface area contributed by atoms with Gasteiger partial charge in [-0.2, -0.15) is 0 Å². The number of rotatable bonds is 1. The minimum Gasteiger partial charge on any atom is -0.0841 e. The van der Waals surface area contributed by atoms with Crippen molar-refractivity contribution >= 4 is 0 Å². The minimum atomic E-state index is 1.17. The van der Waals surface area contributed by atoms with E-state index in [-0.39, 0.29) is 0 Å². The number of hydrogen-bond donors (Lipinski definition) is 0. The largest absolute Gasteiger partial charge is 0.0841 e. The molecule has 0 aromatic heterocycles. The van der Waals surface area contributed by atoms with Gasteiger partial charge in [0.1, 0.15) is 0 Å². The van der Waals surface area contributed by atoms with Crippen LogP contribution in [0.2, 0.25) is 0 Å². The molecule has 12 heavy (non-hydrogen) atoms. The van der Waals surface area contributed by atoms with Crippen LogP contribution in [0.15, 0.2) is 34.9 Å². The predicted octanol–water partition coefficient (Wildman–Crippen LogP) is 3.76. The van der Waals surface area contributed by atoms with Crippen LogP contribution < -0.4 is 0 Å². The Kier molecular flexibility index (Phi) is 2.16. The molecule has 0 heteroatoms. The SMILES string of the molecule is CC1=C(C2=CCCC2)CC=CC1. The van der Waals surface area contributed by atoms with E-state index in [4.69, 9.17) is 0 Å². The van der Waals surface area contributed by atoms with E-state index in [1.54, 1.807) is 16.7 Å². The molecule has 0 radical (unpaired) electrons. The van der Waals surface area contributed by atoms with Gasteiger partial charge in [-0.15, -0.1) is 0 Å². The van der Waals surface area contributed by atoms with Crippen LogP contribution in [0.1, 0.15) is 39.0 Å². The number of hydrogen-bond acceptors (Lipinski definition) is 0.